The third kappa shape index (κ3) is 7.33. The summed E-state index contributed by atoms with van der Waals surface area (Å²) in [5.41, 5.74) is -3.06. The van der Waals surface area contributed by atoms with E-state index in [9.17, 15) is 65.8 Å². The highest BCUT2D eigenvalue weighted by Crippen LogP contribution is 2.76. The lowest BCUT2D eigenvalue weighted by Gasteiger charge is -2.72. The largest absolute Gasteiger partial charge is 0.479 e. The zero-order valence-electron chi connectivity index (χ0n) is 38.9. The first-order valence-electron chi connectivity index (χ1n) is 23.2. The molecule has 0 spiro atoms. The Bertz CT molecular complexity index is 1870. The minimum Gasteiger partial charge on any atom is -0.479 e. The number of carbonyl (C=O) groups is 2. The summed E-state index contributed by atoms with van der Waals surface area (Å²) in [6.07, 6.45) is -12.1. The molecule has 0 unspecified atom stereocenters. The third-order valence-corrected chi connectivity index (χ3v) is 18.8. The summed E-state index contributed by atoms with van der Waals surface area (Å²) in [4.78, 5) is 25.5. The first-order chi connectivity index (χ1) is 30.2. The van der Waals surface area contributed by atoms with Crippen molar-refractivity contribution in [2.24, 2.45) is 50.2 Å². The van der Waals surface area contributed by atoms with Crippen LogP contribution in [-0.2, 0) is 33.3 Å². The van der Waals surface area contributed by atoms with Crippen molar-refractivity contribution in [1.82, 2.24) is 0 Å². The number of hydrogen-bond donors (Lipinski definition) is 11. The van der Waals surface area contributed by atoms with Crippen LogP contribution in [0.4, 0.5) is 0 Å². The number of carboxylic acid groups (broad SMARTS) is 1. The van der Waals surface area contributed by atoms with E-state index in [2.05, 4.69) is 26.8 Å². The van der Waals surface area contributed by atoms with Gasteiger partial charge in [0.1, 0.15) is 55.4 Å². The summed E-state index contributed by atoms with van der Waals surface area (Å²) in [5, 5.41) is 122. The van der Waals surface area contributed by atoms with Crippen LogP contribution in [-0.4, -0.2) is 174 Å². The van der Waals surface area contributed by atoms with Crippen LogP contribution in [0.25, 0.3) is 0 Å². The number of hydrogen-bond acceptors (Lipinski definition) is 17. The molecule has 0 amide bonds. The van der Waals surface area contributed by atoms with E-state index in [1.165, 1.54) is 0 Å². The van der Waals surface area contributed by atoms with E-state index in [1.807, 2.05) is 20.8 Å². The highest BCUT2D eigenvalue weighted by Gasteiger charge is 2.73. The number of ether oxygens (including phenoxy) is 5. The molecule has 2 saturated heterocycles. The topological polar surface area (TPSA) is 303 Å². The van der Waals surface area contributed by atoms with E-state index in [4.69, 9.17) is 23.7 Å². The molecule has 5 aliphatic carbocycles. The standard InChI is InChI=1S/C47H74O18/c1-9-22(2)39(60)64-37-36(57)46(20-49)24(16-41(37,3)4)23-10-11-27-42(5)14-13-29(43(6,19-48)26(42)12-15-44(27,7)45(23,8)17-28(46)52)62-40-32(55)33(31(54)34(63-40)38(58)59)65-47(21-50)35(56)30(53)25(51)18-61-47/h9-10,24-37,40,48-57H,11-21H2,1-8H3,(H,58,59)/b22-9-/t24-,25+,26+,27+,28-,29-,30+,31-,32+,33-,34-,35-,36-,37-,40+,42-,43-,44+,45+,46-,47-/m0/s1. The number of carbonyl (C=O) groups excluding carboxylic acids is 1. The number of fused-ring (bicyclic) bond motifs is 7. The molecule has 370 valence electrons. The molecule has 7 aliphatic rings. The second-order valence-corrected chi connectivity index (χ2v) is 22.2. The summed E-state index contributed by atoms with van der Waals surface area (Å²) in [6.45, 7) is 13.3. The van der Waals surface area contributed by atoms with Crippen molar-refractivity contribution in [3.8, 4) is 0 Å². The number of rotatable bonds is 10. The van der Waals surface area contributed by atoms with Gasteiger partial charge in [-0.3, -0.25) is 0 Å². The fourth-order valence-corrected chi connectivity index (χ4v) is 14.5. The number of carboxylic acids is 1. The van der Waals surface area contributed by atoms with Gasteiger partial charge < -0.3 is 79.9 Å². The zero-order valence-corrected chi connectivity index (χ0v) is 38.9. The van der Waals surface area contributed by atoms with Gasteiger partial charge in [0, 0.05) is 16.4 Å². The predicted molar refractivity (Wildman–Crippen MR) is 227 cm³/mol. The Balaban J connectivity index is 1.17. The number of allylic oxidation sites excluding steroid dienone is 3. The van der Waals surface area contributed by atoms with Gasteiger partial charge in [0.15, 0.2) is 12.4 Å². The van der Waals surface area contributed by atoms with Crippen LogP contribution in [0.3, 0.4) is 0 Å². The highest BCUT2D eigenvalue weighted by molar-refractivity contribution is 5.87. The summed E-state index contributed by atoms with van der Waals surface area (Å²) < 4.78 is 29.4. The van der Waals surface area contributed by atoms with Crippen LogP contribution in [0, 0.1) is 50.2 Å². The number of aliphatic hydroxyl groups excluding tert-OH is 10. The van der Waals surface area contributed by atoms with Crippen molar-refractivity contribution in [3.05, 3.63) is 23.3 Å². The molecule has 6 fully saturated rings. The van der Waals surface area contributed by atoms with Gasteiger partial charge in [0.05, 0.1) is 37.4 Å². The number of aliphatic hydroxyl groups is 10. The van der Waals surface area contributed by atoms with E-state index in [-0.39, 0.29) is 24.9 Å². The smallest absolute Gasteiger partial charge is 0.335 e. The fraction of sp³-hybridized carbons (Fsp3) is 0.872. The molecule has 65 heavy (non-hydrogen) atoms. The summed E-state index contributed by atoms with van der Waals surface area (Å²) in [6, 6.07) is 0. The van der Waals surface area contributed by atoms with E-state index in [0.717, 1.165) is 5.57 Å². The maximum Gasteiger partial charge on any atom is 0.335 e. The Hall–Kier alpha value is -2.14. The SMILES string of the molecule is C/C=C(/C)C(=O)O[C@H]1[C@H](O)[C@]2(CO)[C@@H](O)C[C@]3(C)C(=CC[C@@H]4[C@@]5(C)CC[C@H](O[C@@H]6O[C@H](C(=O)O)[C@@H](O)[C@H](O[C@]7(CO)OC[C@@H](O)[C@@H](O)[C@@H]7O)[C@H]6O)[C@@](C)(CO)[C@@H]5CC[C@]43C)[C@@H]2CC1(C)C. The van der Waals surface area contributed by atoms with Gasteiger partial charge in [0.2, 0.25) is 5.79 Å². The van der Waals surface area contributed by atoms with Crippen LogP contribution in [0.1, 0.15) is 100 Å². The molecule has 18 heteroatoms. The minimum atomic E-state index is -2.48. The zero-order chi connectivity index (χ0) is 48.2. The van der Waals surface area contributed by atoms with Gasteiger partial charge in [-0.2, -0.15) is 0 Å². The van der Waals surface area contributed by atoms with E-state index in [1.54, 1.807) is 19.9 Å². The van der Waals surface area contributed by atoms with Crippen LogP contribution in [0.2, 0.25) is 0 Å². The highest BCUT2D eigenvalue weighted by atomic mass is 16.8. The molecular formula is C47H74O18. The van der Waals surface area contributed by atoms with Crippen molar-refractivity contribution >= 4 is 11.9 Å². The number of esters is 1. The Morgan fingerprint density at radius 3 is 2.12 bits per heavy atom. The Morgan fingerprint density at radius 2 is 1.52 bits per heavy atom. The normalized spacial score (nSPS) is 51.9. The molecule has 4 saturated carbocycles. The lowest BCUT2D eigenvalue weighted by Crippen LogP contribution is -2.72. The maximum atomic E-state index is 13.1. The van der Waals surface area contributed by atoms with Crippen LogP contribution in [0.5, 0.6) is 0 Å². The third-order valence-electron chi connectivity index (χ3n) is 18.8. The molecule has 0 radical (unpaired) electrons. The molecular weight excluding hydrogens is 852 g/mol. The predicted octanol–water partition coefficient (Wildman–Crippen LogP) is 0.286. The Morgan fingerprint density at radius 1 is 0.846 bits per heavy atom. The van der Waals surface area contributed by atoms with Crippen molar-refractivity contribution in [1.29, 1.82) is 0 Å². The lowest BCUT2D eigenvalue weighted by molar-refractivity contribution is -0.398. The average molecular weight is 927 g/mol. The second-order valence-electron chi connectivity index (χ2n) is 22.2. The van der Waals surface area contributed by atoms with E-state index in [0.29, 0.717) is 44.1 Å². The molecule has 18 nitrogen and oxygen atoms in total. The Kier molecular flexibility index (Phi) is 13.6. The van der Waals surface area contributed by atoms with Crippen molar-refractivity contribution in [2.45, 2.75) is 180 Å². The van der Waals surface area contributed by atoms with Gasteiger partial charge in [-0.15, -0.1) is 0 Å². The first kappa shape index (κ1) is 50.7. The molecule has 11 N–H and O–H groups in total. The van der Waals surface area contributed by atoms with Crippen LogP contribution in [0.15, 0.2) is 23.3 Å². The average Bonchev–Trinajstić information content (AvgIpc) is 3.25. The minimum absolute atomic E-state index is 0.0217. The summed E-state index contributed by atoms with van der Waals surface area (Å²) >= 11 is 0. The maximum absolute atomic E-state index is 13.1. The molecule has 2 heterocycles. The quantitative estimate of drug-likeness (QED) is 0.0607. The fourth-order valence-electron chi connectivity index (χ4n) is 14.5. The molecule has 0 aromatic heterocycles. The van der Waals surface area contributed by atoms with Gasteiger partial charge in [-0.1, -0.05) is 59.3 Å². The molecule has 21 atom stereocenters. The van der Waals surface area contributed by atoms with E-state index < -0.39 is 149 Å². The summed E-state index contributed by atoms with van der Waals surface area (Å²) in [7, 11) is 0. The van der Waals surface area contributed by atoms with Crippen molar-refractivity contribution < 1.29 is 89.4 Å². The van der Waals surface area contributed by atoms with Crippen LogP contribution >= 0.6 is 0 Å². The Labute approximate surface area is 380 Å². The monoisotopic (exact) mass is 926 g/mol. The van der Waals surface area contributed by atoms with Gasteiger partial charge in [-0.05, 0) is 92.8 Å². The van der Waals surface area contributed by atoms with Crippen LogP contribution < -0.4 is 0 Å². The first-order valence-corrected chi connectivity index (χ1v) is 23.2. The van der Waals surface area contributed by atoms with E-state index >= 15 is 0 Å². The van der Waals surface area contributed by atoms with Crippen molar-refractivity contribution in [3.63, 3.8) is 0 Å². The second kappa shape index (κ2) is 17.4. The molecule has 0 aromatic rings. The van der Waals surface area contributed by atoms with Gasteiger partial charge >= 0.3 is 11.9 Å². The molecule has 0 bridgehead atoms. The lowest BCUT2D eigenvalue weighted by atomic mass is 9.33. The van der Waals surface area contributed by atoms with Gasteiger partial charge in [0.25, 0.3) is 0 Å². The van der Waals surface area contributed by atoms with Crippen molar-refractivity contribution in [2.75, 3.05) is 26.4 Å². The summed E-state index contributed by atoms with van der Waals surface area (Å²) in [5.74, 6) is -5.27. The van der Waals surface area contributed by atoms with Gasteiger partial charge in [-0.25, -0.2) is 9.59 Å². The molecule has 0 aromatic carbocycles. The molecule has 2 aliphatic heterocycles. The number of aliphatic carboxylic acids is 1. The molecule has 7 rings (SSSR count).